The highest BCUT2D eigenvalue weighted by molar-refractivity contribution is 5.29. The van der Waals surface area contributed by atoms with Crippen LogP contribution in [0.4, 0.5) is 22.0 Å². The van der Waals surface area contributed by atoms with E-state index in [2.05, 4.69) is 0 Å². The molecule has 0 amide bonds. The maximum absolute atomic E-state index is 13.3. The summed E-state index contributed by atoms with van der Waals surface area (Å²) in [5.41, 5.74) is 0.970. The molecule has 0 bridgehead atoms. The molecule has 0 spiro atoms. The van der Waals surface area contributed by atoms with Gasteiger partial charge in [0.15, 0.2) is 0 Å². The molecule has 124 valence electrons. The van der Waals surface area contributed by atoms with Crippen LogP contribution in [0.2, 0.25) is 0 Å². The molecule has 0 N–H and O–H groups in total. The Morgan fingerprint density at radius 3 is 1.95 bits per heavy atom. The zero-order valence-corrected chi connectivity index (χ0v) is 12.3. The van der Waals surface area contributed by atoms with Crippen LogP contribution in [0.1, 0.15) is 44.1 Å². The van der Waals surface area contributed by atoms with E-state index in [0.717, 1.165) is 11.3 Å². The summed E-state index contributed by atoms with van der Waals surface area (Å²) >= 11 is 0. The first kappa shape index (κ1) is 17.0. The molecule has 22 heavy (non-hydrogen) atoms. The molecule has 1 aliphatic rings. The average molecular weight is 322 g/mol. The molecule has 2 rings (SSSR count). The van der Waals surface area contributed by atoms with E-state index < -0.39 is 18.0 Å². The van der Waals surface area contributed by atoms with Crippen LogP contribution < -0.4 is 4.74 Å². The van der Waals surface area contributed by atoms with Gasteiger partial charge in [0.1, 0.15) is 5.75 Å². The predicted octanol–water partition coefficient (Wildman–Crippen LogP) is 5.56. The summed E-state index contributed by atoms with van der Waals surface area (Å²) in [4.78, 5) is 0. The molecule has 0 aromatic heterocycles. The van der Waals surface area contributed by atoms with Crippen molar-refractivity contribution in [2.24, 2.45) is 5.92 Å². The maximum atomic E-state index is 13.3. The zero-order chi connectivity index (χ0) is 16.4. The number of ether oxygens (including phenoxy) is 1. The average Bonchev–Trinajstić information content (AvgIpc) is 2.47. The molecule has 0 atom stereocenters. The smallest absolute Gasteiger partial charge is 0.453 e. The lowest BCUT2D eigenvalue weighted by Gasteiger charge is -2.34. The van der Waals surface area contributed by atoms with E-state index >= 15 is 0 Å². The Morgan fingerprint density at radius 2 is 1.50 bits per heavy atom. The Kier molecular flexibility index (Phi) is 4.97. The van der Waals surface area contributed by atoms with Crippen LogP contribution in [0.3, 0.4) is 0 Å². The number of halogens is 5. The molecule has 1 aromatic carbocycles. The van der Waals surface area contributed by atoms with Crippen molar-refractivity contribution in [1.29, 1.82) is 0 Å². The van der Waals surface area contributed by atoms with Crippen molar-refractivity contribution in [2.75, 3.05) is 6.61 Å². The highest BCUT2D eigenvalue weighted by Gasteiger charge is 2.62. The second kappa shape index (κ2) is 6.42. The lowest BCUT2D eigenvalue weighted by molar-refractivity contribution is -0.305. The Bertz CT molecular complexity index is 472. The normalized spacial score (nSPS) is 23.4. The van der Waals surface area contributed by atoms with Crippen LogP contribution >= 0.6 is 0 Å². The van der Waals surface area contributed by atoms with Crippen LogP contribution in [0, 0.1) is 5.92 Å². The van der Waals surface area contributed by atoms with Crippen molar-refractivity contribution in [3.63, 3.8) is 0 Å². The van der Waals surface area contributed by atoms with Gasteiger partial charge in [0, 0.05) is 5.92 Å². The van der Waals surface area contributed by atoms with Crippen molar-refractivity contribution in [2.45, 2.75) is 50.6 Å². The van der Waals surface area contributed by atoms with Gasteiger partial charge in [-0.05, 0) is 56.2 Å². The number of alkyl halides is 5. The Hall–Kier alpha value is -1.33. The predicted molar refractivity (Wildman–Crippen MR) is 73.3 cm³/mol. The molecule has 0 aliphatic heterocycles. The first-order valence-electron chi connectivity index (χ1n) is 7.43. The summed E-state index contributed by atoms with van der Waals surface area (Å²) in [5, 5.41) is 0. The minimum atomic E-state index is -5.45. The van der Waals surface area contributed by atoms with Crippen LogP contribution in [0.15, 0.2) is 24.3 Å². The van der Waals surface area contributed by atoms with E-state index in [1.807, 2.05) is 19.1 Å². The van der Waals surface area contributed by atoms with Crippen LogP contribution in [0.5, 0.6) is 5.75 Å². The van der Waals surface area contributed by atoms with E-state index in [1.54, 1.807) is 12.1 Å². The second-order valence-electron chi connectivity index (χ2n) is 5.67. The first-order valence-corrected chi connectivity index (χ1v) is 7.43. The molecular weight excluding hydrogens is 303 g/mol. The highest BCUT2D eigenvalue weighted by atomic mass is 19.4. The standard InChI is InChI=1S/C16H19F5O/c1-2-22-14-9-5-12(6-10-14)11-3-7-13(8-4-11)15(17,18)16(19,20)21/h5-6,9-11,13H,2-4,7-8H2,1H3. The van der Waals surface area contributed by atoms with E-state index in [9.17, 15) is 22.0 Å². The van der Waals surface area contributed by atoms with Gasteiger partial charge in [-0.2, -0.15) is 22.0 Å². The summed E-state index contributed by atoms with van der Waals surface area (Å²) in [6.07, 6.45) is -4.97. The third-order valence-electron chi connectivity index (χ3n) is 4.28. The van der Waals surface area contributed by atoms with Crippen molar-refractivity contribution in [1.82, 2.24) is 0 Å². The lowest BCUT2D eigenvalue weighted by atomic mass is 9.76. The fourth-order valence-corrected chi connectivity index (χ4v) is 3.02. The summed E-state index contributed by atoms with van der Waals surface area (Å²) < 4.78 is 69.2. The number of rotatable bonds is 4. The molecule has 1 fully saturated rings. The Morgan fingerprint density at radius 1 is 0.955 bits per heavy atom. The topological polar surface area (TPSA) is 9.23 Å². The fraction of sp³-hybridized carbons (Fsp3) is 0.625. The number of hydrogen-bond acceptors (Lipinski definition) is 1. The van der Waals surface area contributed by atoms with Gasteiger partial charge in [-0.1, -0.05) is 12.1 Å². The van der Waals surface area contributed by atoms with Gasteiger partial charge in [-0.15, -0.1) is 0 Å². The molecule has 1 saturated carbocycles. The van der Waals surface area contributed by atoms with Gasteiger partial charge >= 0.3 is 12.1 Å². The van der Waals surface area contributed by atoms with Gasteiger partial charge in [0.25, 0.3) is 0 Å². The Labute approximate surface area is 126 Å². The molecule has 6 heteroatoms. The maximum Gasteiger partial charge on any atom is 0.453 e. The molecule has 0 heterocycles. The van der Waals surface area contributed by atoms with Crippen LogP contribution in [0.25, 0.3) is 0 Å². The van der Waals surface area contributed by atoms with Crippen molar-refractivity contribution < 1.29 is 26.7 Å². The molecule has 0 saturated heterocycles. The third kappa shape index (κ3) is 3.52. The molecule has 1 aliphatic carbocycles. The Balaban J connectivity index is 1.97. The minimum absolute atomic E-state index is 0.0379. The van der Waals surface area contributed by atoms with Crippen LogP contribution in [-0.4, -0.2) is 18.7 Å². The second-order valence-corrected chi connectivity index (χ2v) is 5.67. The fourth-order valence-electron chi connectivity index (χ4n) is 3.02. The van der Waals surface area contributed by atoms with E-state index in [-0.39, 0.29) is 18.8 Å². The largest absolute Gasteiger partial charge is 0.494 e. The van der Waals surface area contributed by atoms with E-state index in [1.165, 1.54) is 0 Å². The van der Waals surface area contributed by atoms with Gasteiger partial charge in [-0.3, -0.25) is 0 Å². The lowest BCUT2D eigenvalue weighted by Crippen LogP contribution is -2.44. The van der Waals surface area contributed by atoms with Gasteiger partial charge in [-0.25, -0.2) is 0 Å². The quantitative estimate of drug-likeness (QED) is 0.660. The number of hydrogen-bond donors (Lipinski definition) is 0. The minimum Gasteiger partial charge on any atom is -0.494 e. The third-order valence-corrected chi connectivity index (χ3v) is 4.28. The van der Waals surface area contributed by atoms with Crippen molar-refractivity contribution in [3.8, 4) is 5.75 Å². The summed E-state index contributed by atoms with van der Waals surface area (Å²) in [7, 11) is 0. The monoisotopic (exact) mass is 322 g/mol. The van der Waals surface area contributed by atoms with Crippen LogP contribution in [-0.2, 0) is 0 Å². The molecule has 0 radical (unpaired) electrons. The van der Waals surface area contributed by atoms with E-state index in [4.69, 9.17) is 4.74 Å². The highest BCUT2D eigenvalue weighted by Crippen LogP contribution is 2.49. The summed E-state index contributed by atoms with van der Waals surface area (Å²) in [5.74, 6) is -5.43. The summed E-state index contributed by atoms with van der Waals surface area (Å²) in [6.45, 7) is 2.42. The summed E-state index contributed by atoms with van der Waals surface area (Å²) in [6, 6.07) is 7.32. The molecule has 1 aromatic rings. The first-order chi connectivity index (χ1) is 10.3. The van der Waals surface area contributed by atoms with Gasteiger partial charge in [0.05, 0.1) is 6.61 Å². The zero-order valence-electron chi connectivity index (χ0n) is 12.3. The molecular formula is C16H19F5O. The van der Waals surface area contributed by atoms with E-state index in [0.29, 0.717) is 19.4 Å². The van der Waals surface area contributed by atoms with Crippen molar-refractivity contribution >= 4 is 0 Å². The molecule has 0 unspecified atom stereocenters. The number of benzene rings is 1. The van der Waals surface area contributed by atoms with Gasteiger partial charge < -0.3 is 4.74 Å². The van der Waals surface area contributed by atoms with Crippen molar-refractivity contribution in [3.05, 3.63) is 29.8 Å². The van der Waals surface area contributed by atoms with Gasteiger partial charge in [0.2, 0.25) is 0 Å². The SMILES string of the molecule is CCOc1ccc(C2CCC(C(F)(F)C(F)(F)F)CC2)cc1. The molecule has 1 nitrogen and oxygen atoms in total.